The third-order valence-electron chi connectivity index (χ3n) is 11.7. The van der Waals surface area contributed by atoms with Gasteiger partial charge in [0.25, 0.3) is 0 Å². The van der Waals surface area contributed by atoms with Crippen molar-refractivity contribution < 1.29 is 0 Å². The molecule has 0 bridgehead atoms. The zero-order valence-electron chi connectivity index (χ0n) is 31.4. The third kappa shape index (κ3) is 5.35. The lowest BCUT2D eigenvalue weighted by Gasteiger charge is -2.36. The standard InChI is InChI=1S/C52H37N5/c1-52-33-32-38(41-23-15-27-46-48(41)42-22-11-13-25-44(42)56(46)39-20-9-4-10-21-39)34-47(52)57(45-26-14-12-24-43(45)52)40-30-28-37(29-31-40)51-54-49(35-16-5-2-6-17-35)53-50(55-51)36-18-7-3-8-19-36/h2-34,47H,1H3. The Morgan fingerprint density at radius 2 is 1.05 bits per heavy atom. The lowest BCUT2D eigenvalue weighted by atomic mass is 9.74. The maximum atomic E-state index is 4.99. The summed E-state index contributed by atoms with van der Waals surface area (Å²) in [5.74, 6) is 1.95. The van der Waals surface area contributed by atoms with E-state index in [1.54, 1.807) is 0 Å². The summed E-state index contributed by atoms with van der Waals surface area (Å²) < 4.78 is 2.39. The van der Waals surface area contributed by atoms with E-state index in [4.69, 9.17) is 15.0 Å². The van der Waals surface area contributed by atoms with Gasteiger partial charge in [-0.25, -0.2) is 15.0 Å². The molecule has 0 fully saturated rings. The van der Waals surface area contributed by atoms with Gasteiger partial charge in [0.1, 0.15) is 0 Å². The van der Waals surface area contributed by atoms with E-state index in [9.17, 15) is 0 Å². The highest BCUT2D eigenvalue weighted by molar-refractivity contribution is 6.14. The maximum Gasteiger partial charge on any atom is 0.164 e. The van der Waals surface area contributed by atoms with Crippen molar-refractivity contribution in [2.75, 3.05) is 4.90 Å². The molecule has 57 heavy (non-hydrogen) atoms. The summed E-state index contributed by atoms with van der Waals surface area (Å²) in [6.45, 7) is 2.37. The van der Waals surface area contributed by atoms with E-state index in [-0.39, 0.29) is 11.5 Å². The first-order chi connectivity index (χ1) is 28.1. The Hall–Kier alpha value is -7.37. The Morgan fingerprint density at radius 1 is 0.491 bits per heavy atom. The Kier molecular flexibility index (Phi) is 7.61. The van der Waals surface area contributed by atoms with Crippen molar-refractivity contribution in [3.05, 3.63) is 211 Å². The van der Waals surface area contributed by atoms with E-state index in [1.165, 1.54) is 44.2 Å². The first-order valence-electron chi connectivity index (χ1n) is 19.5. The second-order valence-electron chi connectivity index (χ2n) is 15.0. The summed E-state index contributed by atoms with van der Waals surface area (Å²) in [4.78, 5) is 17.4. The highest BCUT2D eigenvalue weighted by Crippen LogP contribution is 2.53. The molecule has 0 amide bonds. The molecule has 5 heteroatoms. The topological polar surface area (TPSA) is 46.8 Å². The second-order valence-corrected chi connectivity index (χ2v) is 15.0. The zero-order chi connectivity index (χ0) is 37.9. The summed E-state index contributed by atoms with van der Waals surface area (Å²) in [5, 5.41) is 2.52. The quantitative estimate of drug-likeness (QED) is 0.171. The van der Waals surface area contributed by atoms with Gasteiger partial charge in [-0.1, -0.05) is 146 Å². The van der Waals surface area contributed by atoms with Gasteiger partial charge >= 0.3 is 0 Å². The number of hydrogen-bond donors (Lipinski definition) is 0. The summed E-state index contributed by atoms with van der Waals surface area (Å²) in [5.41, 5.74) is 12.3. The van der Waals surface area contributed by atoms with Gasteiger partial charge in [-0.15, -0.1) is 0 Å². The molecule has 0 N–H and O–H groups in total. The fraction of sp³-hybridized carbons (Fsp3) is 0.0577. The highest BCUT2D eigenvalue weighted by atomic mass is 15.2. The first kappa shape index (κ1) is 33.0. The van der Waals surface area contributed by atoms with E-state index in [2.05, 4.69) is 156 Å². The molecule has 5 nitrogen and oxygen atoms in total. The van der Waals surface area contributed by atoms with Crippen LogP contribution in [0.1, 0.15) is 18.1 Å². The summed E-state index contributed by atoms with van der Waals surface area (Å²) in [6.07, 6.45) is 7.26. The molecule has 270 valence electrons. The molecule has 0 saturated heterocycles. The van der Waals surface area contributed by atoms with Gasteiger partial charge in [0.2, 0.25) is 0 Å². The van der Waals surface area contributed by atoms with Gasteiger partial charge in [-0.3, -0.25) is 0 Å². The lowest BCUT2D eigenvalue weighted by molar-refractivity contribution is 0.552. The molecule has 2 unspecified atom stereocenters. The van der Waals surface area contributed by atoms with Crippen LogP contribution in [0.2, 0.25) is 0 Å². The van der Waals surface area contributed by atoms with Crippen molar-refractivity contribution in [2.24, 2.45) is 0 Å². The molecule has 2 atom stereocenters. The minimum absolute atomic E-state index is 0.0463. The number of rotatable bonds is 6. The van der Waals surface area contributed by atoms with Crippen molar-refractivity contribution >= 4 is 38.8 Å². The number of aromatic nitrogens is 4. The molecule has 11 rings (SSSR count). The number of hydrogen-bond acceptors (Lipinski definition) is 4. The minimum Gasteiger partial charge on any atom is -0.333 e. The van der Waals surface area contributed by atoms with Crippen molar-refractivity contribution in [3.8, 4) is 39.9 Å². The minimum atomic E-state index is -0.228. The SMILES string of the molecule is CC12C=CC(c3cccc4c3c3ccccc3n4-c3ccccc3)=CC1N(c1ccc(-c3nc(-c4ccccc4)nc(-c4ccccc4)n3)cc1)c1ccccc12. The molecule has 3 heterocycles. The van der Waals surface area contributed by atoms with Crippen LogP contribution in [0.5, 0.6) is 0 Å². The van der Waals surface area contributed by atoms with Crippen LogP contribution in [0.15, 0.2) is 200 Å². The van der Waals surface area contributed by atoms with Crippen LogP contribution in [0.3, 0.4) is 0 Å². The van der Waals surface area contributed by atoms with Gasteiger partial charge in [0.05, 0.1) is 17.1 Å². The molecular formula is C52H37N5. The summed E-state index contributed by atoms with van der Waals surface area (Å²) in [6, 6.07) is 64.1. The molecule has 2 aliphatic rings. The molecule has 7 aromatic carbocycles. The molecular weight excluding hydrogens is 695 g/mol. The normalized spacial score (nSPS) is 17.1. The molecule has 0 saturated carbocycles. The average Bonchev–Trinajstić information content (AvgIpc) is 3.76. The Morgan fingerprint density at radius 3 is 1.74 bits per heavy atom. The molecule has 1 aliphatic carbocycles. The number of fused-ring (bicyclic) bond motifs is 6. The van der Waals surface area contributed by atoms with Crippen LogP contribution in [0.4, 0.5) is 11.4 Å². The number of para-hydroxylation sites is 3. The predicted molar refractivity (Wildman–Crippen MR) is 234 cm³/mol. The van der Waals surface area contributed by atoms with E-state index in [1.807, 2.05) is 60.7 Å². The third-order valence-corrected chi connectivity index (χ3v) is 11.7. The largest absolute Gasteiger partial charge is 0.333 e. The Bertz CT molecular complexity index is 2960. The second kappa shape index (κ2) is 13.1. The number of anilines is 2. The Labute approximate surface area is 331 Å². The molecule has 0 radical (unpaired) electrons. The lowest BCUT2D eigenvalue weighted by Crippen LogP contribution is -2.39. The smallest absolute Gasteiger partial charge is 0.164 e. The van der Waals surface area contributed by atoms with Gasteiger partial charge in [-0.2, -0.15) is 0 Å². The van der Waals surface area contributed by atoms with Crippen LogP contribution >= 0.6 is 0 Å². The van der Waals surface area contributed by atoms with Gasteiger partial charge in [0.15, 0.2) is 17.5 Å². The first-order valence-corrected chi connectivity index (χ1v) is 19.5. The van der Waals surface area contributed by atoms with Crippen LogP contribution in [-0.2, 0) is 5.41 Å². The van der Waals surface area contributed by atoms with Crippen LogP contribution in [0, 0.1) is 0 Å². The zero-order valence-corrected chi connectivity index (χ0v) is 31.4. The number of allylic oxidation sites excluding steroid dienone is 2. The number of nitrogens with zero attached hydrogens (tertiary/aromatic N) is 5. The molecule has 2 aromatic heterocycles. The maximum absolute atomic E-state index is 4.99. The van der Waals surface area contributed by atoms with Gasteiger partial charge in [-0.05, 0) is 78.2 Å². The van der Waals surface area contributed by atoms with E-state index < -0.39 is 0 Å². The predicted octanol–water partition coefficient (Wildman–Crippen LogP) is 12.4. The van der Waals surface area contributed by atoms with Crippen molar-refractivity contribution in [2.45, 2.75) is 18.4 Å². The fourth-order valence-electron chi connectivity index (χ4n) is 8.94. The van der Waals surface area contributed by atoms with E-state index in [0.29, 0.717) is 17.5 Å². The van der Waals surface area contributed by atoms with Crippen LogP contribution in [-0.4, -0.2) is 25.6 Å². The van der Waals surface area contributed by atoms with E-state index >= 15 is 0 Å². The summed E-state index contributed by atoms with van der Waals surface area (Å²) in [7, 11) is 0. The van der Waals surface area contributed by atoms with Gasteiger partial charge in [0, 0.05) is 49.9 Å². The molecule has 1 aliphatic heterocycles. The van der Waals surface area contributed by atoms with E-state index in [0.717, 1.165) is 28.1 Å². The monoisotopic (exact) mass is 731 g/mol. The van der Waals surface area contributed by atoms with Gasteiger partial charge < -0.3 is 9.47 Å². The van der Waals surface area contributed by atoms with Crippen LogP contribution < -0.4 is 4.90 Å². The summed E-state index contributed by atoms with van der Waals surface area (Å²) >= 11 is 0. The molecule has 0 spiro atoms. The Balaban J connectivity index is 1.02. The van der Waals surface area contributed by atoms with Crippen LogP contribution in [0.25, 0.3) is 67.2 Å². The molecule has 9 aromatic rings. The van der Waals surface area contributed by atoms with Crippen molar-refractivity contribution in [1.29, 1.82) is 0 Å². The highest BCUT2D eigenvalue weighted by Gasteiger charge is 2.47. The fourth-order valence-corrected chi connectivity index (χ4v) is 8.94. The van der Waals surface area contributed by atoms with Crippen molar-refractivity contribution in [3.63, 3.8) is 0 Å². The van der Waals surface area contributed by atoms with Crippen molar-refractivity contribution in [1.82, 2.24) is 19.5 Å². The average molecular weight is 732 g/mol. The number of benzene rings is 7.